The lowest BCUT2D eigenvalue weighted by molar-refractivity contribution is 0.0867. The average molecular weight is 281 g/mol. The molecule has 0 aromatic carbocycles. The molecule has 106 valence electrons. The van der Waals surface area contributed by atoms with Crippen LogP contribution in [0.5, 0.6) is 0 Å². The van der Waals surface area contributed by atoms with Crippen molar-refractivity contribution < 1.29 is 4.74 Å². The highest BCUT2D eigenvalue weighted by molar-refractivity contribution is 7.99. The second-order valence-corrected chi connectivity index (χ2v) is 6.49. The fourth-order valence-corrected chi connectivity index (χ4v) is 4.12. The van der Waals surface area contributed by atoms with Crippen LogP contribution < -0.4 is 5.32 Å². The zero-order chi connectivity index (χ0) is 13.1. The van der Waals surface area contributed by atoms with Gasteiger partial charge in [-0.2, -0.15) is 11.8 Å². The van der Waals surface area contributed by atoms with Crippen molar-refractivity contribution in [1.29, 1.82) is 0 Å². The lowest BCUT2D eigenvalue weighted by Crippen LogP contribution is -2.43. The number of aromatic nitrogens is 2. The molecule has 0 radical (unpaired) electrons. The molecule has 5 heteroatoms. The molecule has 2 saturated heterocycles. The minimum atomic E-state index is 0.127. The molecule has 2 aliphatic rings. The van der Waals surface area contributed by atoms with Crippen LogP contribution in [0.15, 0.2) is 12.4 Å². The molecule has 4 nitrogen and oxygen atoms in total. The number of hydrogen-bond donors (Lipinski definition) is 1. The van der Waals surface area contributed by atoms with Gasteiger partial charge in [0.25, 0.3) is 0 Å². The van der Waals surface area contributed by atoms with Crippen LogP contribution in [0, 0.1) is 0 Å². The highest BCUT2D eigenvalue weighted by atomic mass is 32.2. The number of hydrogen-bond acceptors (Lipinski definition) is 4. The van der Waals surface area contributed by atoms with E-state index in [0.29, 0.717) is 12.1 Å². The Labute approximate surface area is 119 Å². The summed E-state index contributed by atoms with van der Waals surface area (Å²) in [5.41, 5.74) is 0. The van der Waals surface area contributed by atoms with Crippen LogP contribution >= 0.6 is 11.8 Å². The lowest BCUT2D eigenvalue weighted by atomic mass is 10.1. The largest absolute Gasteiger partial charge is 0.369 e. The molecule has 19 heavy (non-hydrogen) atoms. The van der Waals surface area contributed by atoms with Gasteiger partial charge >= 0.3 is 0 Å². The van der Waals surface area contributed by atoms with Gasteiger partial charge in [-0.1, -0.05) is 0 Å². The van der Waals surface area contributed by atoms with E-state index in [4.69, 9.17) is 4.74 Å². The molecule has 2 fully saturated rings. The first-order chi connectivity index (χ1) is 9.38. The number of aryl methyl sites for hydroxylation is 1. The van der Waals surface area contributed by atoms with Crippen molar-refractivity contribution in [3.8, 4) is 0 Å². The van der Waals surface area contributed by atoms with Crippen molar-refractivity contribution in [1.82, 2.24) is 14.9 Å². The van der Waals surface area contributed by atoms with Crippen LogP contribution in [0.3, 0.4) is 0 Å². The molecule has 0 spiro atoms. The van der Waals surface area contributed by atoms with Crippen molar-refractivity contribution in [2.45, 2.75) is 50.9 Å². The Morgan fingerprint density at radius 1 is 1.53 bits per heavy atom. The van der Waals surface area contributed by atoms with E-state index in [-0.39, 0.29) is 6.10 Å². The van der Waals surface area contributed by atoms with E-state index in [9.17, 15) is 0 Å². The molecule has 0 bridgehead atoms. The van der Waals surface area contributed by atoms with Crippen molar-refractivity contribution in [3.05, 3.63) is 18.2 Å². The molecule has 1 aromatic heterocycles. The molecule has 2 aliphatic heterocycles. The first-order valence-electron chi connectivity index (χ1n) is 7.35. The van der Waals surface area contributed by atoms with Crippen molar-refractivity contribution in [2.75, 3.05) is 18.1 Å². The van der Waals surface area contributed by atoms with Gasteiger partial charge in [0.2, 0.25) is 0 Å². The summed E-state index contributed by atoms with van der Waals surface area (Å²) in [5, 5.41) is 3.81. The SMILES string of the molecule is CCn1ccnc1[C@H]1OCC[C@@H]1N[C@H]1CCCSC1. The van der Waals surface area contributed by atoms with Gasteiger partial charge in [-0.25, -0.2) is 4.98 Å². The molecule has 0 aliphatic carbocycles. The number of nitrogens with one attached hydrogen (secondary N) is 1. The van der Waals surface area contributed by atoms with Crippen LogP contribution in [0.25, 0.3) is 0 Å². The quantitative estimate of drug-likeness (QED) is 0.918. The van der Waals surface area contributed by atoms with Crippen LogP contribution in [0.4, 0.5) is 0 Å². The second kappa shape index (κ2) is 6.29. The Hall–Kier alpha value is -0.520. The maximum absolute atomic E-state index is 5.94. The van der Waals surface area contributed by atoms with Crippen LogP contribution in [0.2, 0.25) is 0 Å². The zero-order valence-electron chi connectivity index (χ0n) is 11.5. The third-order valence-corrected chi connectivity index (χ3v) is 5.26. The second-order valence-electron chi connectivity index (χ2n) is 5.34. The Bertz CT molecular complexity index is 403. The number of nitrogens with zero attached hydrogens (tertiary/aromatic N) is 2. The lowest BCUT2D eigenvalue weighted by Gasteiger charge is -2.28. The predicted octanol–water partition coefficient (Wildman–Crippen LogP) is 2.22. The van der Waals surface area contributed by atoms with E-state index in [2.05, 4.69) is 33.6 Å². The van der Waals surface area contributed by atoms with E-state index in [1.54, 1.807) is 0 Å². The van der Waals surface area contributed by atoms with E-state index in [0.717, 1.165) is 25.4 Å². The summed E-state index contributed by atoms with van der Waals surface area (Å²) in [6.45, 7) is 3.96. The van der Waals surface area contributed by atoms with Gasteiger partial charge in [-0.05, 0) is 31.9 Å². The first kappa shape index (κ1) is 13.5. The summed E-state index contributed by atoms with van der Waals surface area (Å²) >= 11 is 2.07. The van der Waals surface area contributed by atoms with Crippen LogP contribution in [-0.4, -0.2) is 39.7 Å². The van der Waals surface area contributed by atoms with Crippen LogP contribution in [-0.2, 0) is 11.3 Å². The summed E-state index contributed by atoms with van der Waals surface area (Å²) < 4.78 is 8.14. The molecular formula is C14H23N3OS. The maximum Gasteiger partial charge on any atom is 0.139 e. The highest BCUT2D eigenvalue weighted by Gasteiger charge is 2.34. The van der Waals surface area contributed by atoms with E-state index >= 15 is 0 Å². The van der Waals surface area contributed by atoms with Gasteiger partial charge in [-0.15, -0.1) is 0 Å². The van der Waals surface area contributed by atoms with Gasteiger partial charge in [0.15, 0.2) is 0 Å². The highest BCUT2D eigenvalue weighted by Crippen LogP contribution is 2.29. The zero-order valence-corrected chi connectivity index (χ0v) is 12.4. The van der Waals surface area contributed by atoms with E-state index in [1.807, 2.05) is 12.4 Å². The fourth-order valence-electron chi connectivity index (χ4n) is 3.03. The Morgan fingerprint density at radius 3 is 3.26 bits per heavy atom. The molecule has 3 heterocycles. The maximum atomic E-state index is 5.94. The van der Waals surface area contributed by atoms with Gasteiger partial charge in [0, 0.05) is 43.4 Å². The molecule has 3 rings (SSSR count). The monoisotopic (exact) mass is 281 g/mol. The van der Waals surface area contributed by atoms with E-state index < -0.39 is 0 Å². The first-order valence-corrected chi connectivity index (χ1v) is 8.50. The molecule has 0 unspecified atom stereocenters. The van der Waals surface area contributed by atoms with Gasteiger partial charge in [-0.3, -0.25) is 0 Å². The minimum Gasteiger partial charge on any atom is -0.369 e. The molecule has 1 N–H and O–H groups in total. The summed E-state index contributed by atoms with van der Waals surface area (Å²) in [7, 11) is 0. The number of thioether (sulfide) groups is 1. The van der Waals surface area contributed by atoms with Crippen molar-refractivity contribution >= 4 is 11.8 Å². The Morgan fingerprint density at radius 2 is 2.47 bits per heavy atom. The van der Waals surface area contributed by atoms with Gasteiger partial charge in [0.1, 0.15) is 11.9 Å². The number of rotatable bonds is 4. The van der Waals surface area contributed by atoms with Gasteiger partial charge in [0.05, 0.1) is 0 Å². The number of imidazole rings is 1. The summed E-state index contributed by atoms with van der Waals surface area (Å²) in [6, 6.07) is 1.08. The molecule has 1 aromatic rings. The summed E-state index contributed by atoms with van der Waals surface area (Å²) in [4.78, 5) is 4.51. The Balaban J connectivity index is 1.67. The summed E-state index contributed by atoms with van der Waals surface area (Å²) in [5.74, 6) is 3.65. The van der Waals surface area contributed by atoms with Crippen molar-refractivity contribution in [3.63, 3.8) is 0 Å². The van der Waals surface area contributed by atoms with Gasteiger partial charge < -0.3 is 14.6 Å². The fraction of sp³-hybridized carbons (Fsp3) is 0.786. The standard InChI is InChI=1S/C14H23N3OS/c1-2-17-7-6-15-14(17)13-12(5-8-18-13)16-11-4-3-9-19-10-11/h6-7,11-13,16H,2-5,8-10H2,1H3/t11-,12-,13-/m0/s1. The van der Waals surface area contributed by atoms with E-state index in [1.165, 1.54) is 24.3 Å². The third kappa shape index (κ3) is 2.98. The third-order valence-electron chi connectivity index (χ3n) is 4.04. The molecular weight excluding hydrogens is 258 g/mol. The molecule has 0 saturated carbocycles. The normalized spacial score (nSPS) is 31.7. The number of ether oxygens (including phenoxy) is 1. The smallest absolute Gasteiger partial charge is 0.139 e. The molecule has 0 amide bonds. The van der Waals surface area contributed by atoms with Crippen LogP contribution in [0.1, 0.15) is 38.1 Å². The molecule has 3 atom stereocenters. The summed E-state index contributed by atoms with van der Waals surface area (Å²) in [6.07, 6.45) is 7.80. The predicted molar refractivity (Wildman–Crippen MR) is 78.5 cm³/mol. The van der Waals surface area contributed by atoms with Crippen molar-refractivity contribution in [2.24, 2.45) is 0 Å². The Kier molecular flexibility index (Phi) is 4.45. The minimum absolute atomic E-state index is 0.127. The average Bonchev–Trinajstić information content (AvgIpc) is 3.07. The topological polar surface area (TPSA) is 39.1 Å².